The summed E-state index contributed by atoms with van der Waals surface area (Å²) in [6.07, 6.45) is 2.68. The van der Waals surface area contributed by atoms with Crippen LogP contribution in [0.1, 0.15) is 37.7 Å². The number of hydrogen-bond donors (Lipinski definition) is 1. The SMILES string of the molecule is CCC(C)n1nnc(CCN)c1CCOC. The van der Waals surface area contributed by atoms with Crippen LogP contribution in [0.25, 0.3) is 0 Å². The molecule has 0 saturated carbocycles. The molecule has 1 aromatic heterocycles. The molecule has 1 atom stereocenters. The Bertz CT molecular complexity index is 311. The van der Waals surface area contributed by atoms with E-state index >= 15 is 0 Å². The summed E-state index contributed by atoms with van der Waals surface area (Å²) in [7, 11) is 1.71. The lowest BCUT2D eigenvalue weighted by Gasteiger charge is -2.13. The Hall–Kier alpha value is -0.940. The molecule has 1 heterocycles. The lowest BCUT2D eigenvalue weighted by molar-refractivity contribution is 0.199. The highest BCUT2D eigenvalue weighted by Gasteiger charge is 2.15. The molecule has 1 rings (SSSR count). The number of nitrogens with zero attached hydrogens (tertiary/aromatic N) is 3. The molecule has 0 aromatic carbocycles. The zero-order valence-electron chi connectivity index (χ0n) is 10.4. The van der Waals surface area contributed by atoms with Crippen LogP contribution in [0.3, 0.4) is 0 Å². The molecule has 0 aliphatic carbocycles. The number of hydrogen-bond acceptors (Lipinski definition) is 4. The summed E-state index contributed by atoms with van der Waals surface area (Å²) in [5.41, 5.74) is 7.75. The van der Waals surface area contributed by atoms with Crippen LogP contribution in [0.5, 0.6) is 0 Å². The minimum Gasteiger partial charge on any atom is -0.384 e. The van der Waals surface area contributed by atoms with Crippen LogP contribution < -0.4 is 5.73 Å². The number of nitrogens with two attached hydrogens (primary N) is 1. The number of methoxy groups -OCH3 is 1. The topological polar surface area (TPSA) is 66.0 Å². The van der Waals surface area contributed by atoms with Crippen molar-refractivity contribution < 1.29 is 4.74 Å². The van der Waals surface area contributed by atoms with Crippen LogP contribution in [-0.2, 0) is 17.6 Å². The summed E-state index contributed by atoms with van der Waals surface area (Å²) in [5, 5.41) is 8.42. The van der Waals surface area contributed by atoms with Crippen molar-refractivity contribution in [2.45, 2.75) is 39.2 Å². The van der Waals surface area contributed by atoms with E-state index in [1.807, 2.05) is 4.68 Å². The van der Waals surface area contributed by atoms with E-state index in [-0.39, 0.29) is 0 Å². The van der Waals surface area contributed by atoms with Gasteiger partial charge in [0, 0.05) is 20.0 Å². The van der Waals surface area contributed by atoms with Gasteiger partial charge in [0.2, 0.25) is 0 Å². The second-order valence-electron chi connectivity index (χ2n) is 3.97. The first-order valence-electron chi connectivity index (χ1n) is 5.86. The Balaban J connectivity index is 2.89. The average molecular weight is 226 g/mol. The summed E-state index contributed by atoms with van der Waals surface area (Å²) < 4.78 is 7.12. The minimum atomic E-state index is 0.380. The van der Waals surface area contributed by atoms with Gasteiger partial charge in [-0.25, -0.2) is 4.68 Å². The van der Waals surface area contributed by atoms with Crippen molar-refractivity contribution >= 4 is 0 Å². The summed E-state index contributed by atoms with van der Waals surface area (Å²) in [6.45, 7) is 5.60. The molecular formula is C11H22N4O. The maximum atomic E-state index is 5.57. The molecule has 1 unspecified atom stereocenters. The van der Waals surface area contributed by atoms with Gasteiger partial charge in [-0.05, 0) is 19.9 Å². The third-order valence-electron chi connectivity index (χ3n) is 2.80. The predicted molar refractivity (Wildman–Crippen MR) is 63.4 cm³/mol. The Morgan fingerprint density at radius 1 is 1.44 bits per heavy atom. The molecule has 0 aliphatic rings. The molecular weight excluding hydrogens is 204 g/mol. The number of rotatable bonds is 7. The van der Waals surface area contributed by atoms with Crippen molar-refractivity contribution in [3.05, 3.63) is 11.4 Å². The molecule has 5 heteroatoms. The third kappa shape index (κ3) is 3.02. The molecule has 0 saturated heterocycles. The highest BCUT2D eigenvalue weighted by molar-refractivity contribution is 5.12. The van der Waals surface area contributed by atoms with E-state index in [0.29, 0.717) is 19.2 Å². The first-order chi connectivity index (χ1) is 7.74. The standard InChI is InChI=1S/C11H22N4O/c1-4-9(2)15-11(6-8-16-3)10(5-7-12)13-14-15/h9H,4-8,12H2,1-3H3. The normalized spacial score (nSPS) is 13.0. The average Bonchev–Trinajstić information content (AvgIpc) is 2.69. The molecule has 0 amide bonds. The van der Waals surface area contributed by atoms with E-state index in [2.05, 4.69) is 24.2 Å². The first kappa shape index (κ1) is 13.1. The van der Waals surface area contributed by atoms with Crippen molar-refractivity contribution in [3.8, 4) is 0 Å². The van der Waals surface area contributed by atoms with Gasteiger partial charge in [-0.1, -0.05) is 12.1 Å². The highest BCUT2D eigenvalue weighted by Crippen LogP contribution is 2.15. The summed E-state index contributed by atoms with van der Waals surface area (Å²) in [6, 6.07) is 0.380. The van der Waals surface area contributed by atoms with Crippen molar-refractivity contribution in [3.63, 3.8) is 0 Å². The van der Waals surface area contributed by atoms with Crippen LogP contribution in [0.4, 0.5) is 0 Å². The molecule has 0 aliphatic heterocycles. The predicted octanol–water partition coefficient (Wildman–Crippen LogP) is 0.939. The van der Waals surface area contributed by atoms with Gasteiger partial charge in [-0.15, -0.1) is 5.10 Å². The zero-order valence-corrected chi connectivity index (χ0v) is 10.4. The van der Waals surface area contributed by atoms with Gasteiger partial charge in [-0.2, -0.15) is 0 Å². The molecule has 92 valence electrons. The van der Waals surface area contributed by atoms with Gasteiger partial charge >= 0.3 is 0 Å². The fourth-order valence-electron chi connectivity index (χ4n) is 1.66. The number of aromatic nitrogens is 3. The van der Waals surface area contributed by atoms with Gasteiger partial charge in [-0.3, -0.25) is 0 Å². The molecule has 16 heavy (non-hydrogen) atoms. The molecule has 0 spiro atoms. The second-order valence-corrected chi connectivity index (χ2v) is 3.97. The monoisotopic (exact) mass is 226 g/mol. The van der Waals surface area contributed by atoms with Crippen molar-refractivity contribution in [2.24, 2.45) is 5.73 Å². The largest absolute Gasteiger partial charge is 0.384 e. The molecule has 0 bridgehead atoms. The van der Waals surface area contributed by atoms with E-state index in [4.69, 9.17) is 10.5 Å². The molecule has 0 radical (unpaired) electrons. The molecule has 2 N–H and O–H groups in total. The van der Waals surface area contributed by atoms with Gasteiger partial charge in [0.15, 0.2) is 0 Å². The van der Waals surface area contributed by atoms with E-state index in [1.54, 1.807) is 7.11 Å². The van der Waals surface area contributed by atoms with Crippen LogP contribution in [0.15, 0.2) is 0 Å². The lowest BCUT2D eigenvalue weighted by Crippen LogP contribution is -2.13. The van der Waals surface area contributed by atoms with Crippen LogP contribution in [0, 0.1) is 0 Å². The van der Waals surface area contributed by atoms with E-state index in [1.165, 1.54) is 5.69 Å². The van der Waals surface area contributed by atoms with Crippen molar-refractivity contribution in [1.29, 1.82) is 0 Å². The molecule has 5 nitrogen and oxygen atoms in total. The van der Waals surface area contributed by atoms with Gasteiger partial charge < -0.3 is 10.5 Å². The quantitative estimate of drug-likeness (QED) is 0.751. The van der Waals surface area contributed by atoms with E-state index in [9.17, 15) is 0 Å². The van der Waals surface area contributed by atoms with Crippen LogP contribution in [0.2, 0.25) is 0 Å². The Labute approximate surface area is 97.0 Å². The third-order valence-corrected chi connectivity index (χ3v) is 2.80. The number of ether oxygens (including phenoxy) is 1. The van der Waals surface area contributed by atoms with Crippen LogP contribution in [-0.4, -0.2) is 35.3 Å². The molecule has 0 fully saturated rings. The van der Waals surface area contributed by atoms with Gasteiger partial charge in [0.05, 0.1) is 24.0 Å². The van der Waals surface area contributed by atoms with Crippen LogP contribution >= 0.6 is 0 Å². The highest BCUT2D eigenvalue weighted by atomic mass is 16.5. The maximum absolute atomic E-state index is 5.57. The lowest BCUT2D eigenvalue weighted by atomic mass is 10.1. The van der Waals surface area contributed by atoms with Gasteiger partial charge in [0.25, 0.3) is 0 Å². The smallest absolute Gasteiger partial charge is 0.0872 e. The Morgan fingerprint density at radius 2 is 2.19 bits per heavy atom. The minimum absolute atomic E-state index is 0.380. The summed E-state index contributed by atoms with van der Waals surface area (Å²) in [5.74, 6) is 0. The first-order valence-corrected chi connectivity index (χ1v) is 5.86. The Morgan fingerprint density at radius 3 is 2.75 bits per heavy atom. The van der Waals surface area contributed by atoms with Crippen molar-refractivity contribution in [2.75, 3.05) is 20.3 Å². The zero-order chi connectivity index (χ0) is 12.0. The second kappa shape index (κ2) is 6.60. The van der Waals surface area contributed by atoms with Gasteiger partial charge in [0.1, 0.15) is 0 Å². The fourth-order valence-corrected chi connectivity index (χ4v) is 1.66. The summed E-state index contributed by atoms with van der Waals surface area (Å²) in [4.78, 5) is 0. The maximum Gasteiger partial charge on any atom is 0.0872 e. The van der Waals surface area contributed by atoms with E-state index in [0.717, 1.165) is 25.0 Å². The fraction of sp³-hybridized carbons (Fsp3) is 0.818. The summed E-state index contributed by atoms with van der Waals surface area (Å²) >= 11 is 0. The Kier molecular flexibility index (Phi) is 5.42. The van der Waals surface area contributed by atoms with Crippen molar-refractivity contribution in [1.82, 2.24) is 15.0 Å². The van der Waals surface area contributed by atoms with E-state index < -0.39 is 0 Å². The molecule has 1 aromatic rings.